The van der Waals surface area contributed by atoms with Crippen molar-refractivity contribution in [1.82, 2.24) is 9.55 Å². The van der Waals surface area contributed by atoms with Crippen LogP contribution in [0.1, 0.15) is 11.1 Å². The maximum atomic E-state index is 12.2. The van der Waals surface area contributed by atoms with Crippen LogP contribution in [0.15, 0.2) is 60.0 Å². The highest BCUT2D eigenvalue weighted by molar-refractivity contribution is 7.99. The molecule has 2 aromatic carbocycles. The highest BCUT2D eigenvalue weighted by Crippen LogP contribution is 2.25. The van der Waals surface area contributed by atoms with Crippen molar-refractivity contribution in [3.63, 3.8) is 0 Å². The molecule has 0 aliphatic carbocycles. The molecular formula is C19H18N4O3S. The summed E-state index contributed by atoms with van der Waals surface area (Å²) in [5, 5.41) is 14.3. The van der Waals surface area contributed by atoms with E-state index in [1.54, 1.807) is 18.3 Å². The first kappa shape index (κ1) is 18.7. The number of anilines is 1. The Bertz CT molecular complexity index is 980. The van der Waals surface area contributed by atoms with Gasteiger partial charge in [0.2, 0.25) is 5.91 Å². The van der Waals surface area contributed by atoms with Crippen molar-refractivity contribution < 1.29 is 9.72 Å². The quantitative estimate of drug-likeness (QED) is 0.393. The second kappa shape index (κ2) is 8.05. The molecule has 0 unspecified atom stereocenters. The summed E-state index contributed by atoms with van der Waals surface area (Å²) in [4.78, 5) is 27.1. The van der Waals surface area contributed by atoms with Crippen LogP contribution in [0.3, 0.4) is 0 Å². The van der Waals surface area contributed by atoms with Gasteiger partial charge in [-0.1, -0.05) is 30.0 Å². The van der Waals surface area contributed by atoms with Gasteiger partial charge in [0, 0.05) is 24.1 Å². The number of hydrogen-bond donors (Lipinski definition) is 1. The van der Waals surface area contributed by atoms with Gasteiger partial charge in [-0.25, -0.2) is 4.98 Å². The van der Waals surface area contributed by atoms with E-state index in [0.717, 1.165) is 16.8 Å². The normalized spacial score (nSPS) is 10.6. The fourth-order valence-corrected chi connectivity index (χ4v) is 3.51. The molecule has 0 saturated carbocycles. The van der Waals surface area contributed by atoms with Gasteiger partial charge in [0.05, 0.1) is 10.7 Å². The maximum Gasteiger partial charge on any atom is 0.292 e. The lowest BCUT2D eigenvalue weighted by Gasteiger charge is -2.10. The van der Waals surface area contributed by atoms with Gasteiger partial charge >= 0.3 is 0 Å². The molecule has 0 saturated heterocycles. The zero-order valence-electron chi connectivity index (χ0n) is 14.9. The fourth-order valence-electron chi connectivity index (χ4n) is 2.74. The monoisotopic (exact) mass is 382 g/mol. The molecule has 0 atom stereocenters. The maximum absolute atomic E-state index is 12.2. The van der Waals surface area contributed by atoms with Crippen LogP contribution in [-0.2, 0) is 4.79 Å². The van der Waals surface area contributed by atoms with Crippen molar-refractivity contribution in [2.75, 3.05) is 11.1 Å². The van der Waals surface area contributed by atoms with Crippen LogP contribution in [0.2, 0.25) is 0 Å². The van der Waals surface area contributed by atoms with E-state index >= 15 is 0 Å². The van der Waals surface area contributed by atoms with E-state index in [-0.39, 0.29) is 23.0 Å². The Balaban J connectivity index is 1.71. The number of carbonyl (C=O) groups excluding carboxylic acids is 1. The lowest BCUT2D eigenvalue weighted by Crippen LogP contribution is -2.15. The van der Waals surface area contributed by atoms with Gasteiger partial charge in [-0.2, -0.15) is 0 Å². The first-order valence-electron chi connectivity index (χ1n) is 8.22. The average Bonchev–Trinajstić information content (AvgIpc) is 3.08. The van der Waals surface area contributed by atoms with E-state index in [4.69, 9.17) is 0 Å². The number of carbonyl (C=O) groups is 1. The summed E-state index contributed by atoms with van der Waals surface area (Å²) >= 11 is 1.27. The molecule has 8 heteroatoms. The summed E-state index contributed by atoms with van der Waals surface area (Å²) in [6.07, 6.45) is 3.52. The predicted octanol–water partition coefficient (Wildman–Crippen LogP) is 4.13. The number of rotatable bonds is 6. The molecule has 1 N–H and O–H groups in total. The Morgan fingerprint density at radius 3 is 2.63 bits per heavy atom. The predicted molar refractivity (Wildman–Crippen MR) is 105 cm³/mol. The Morgan fingerprint density at radius 1 is 1.22 bits per heavy atom. The van der Waals surface area contributed by atoms with E-state index in [1.807, 2.05) is 36.7 Å². The van der Waals surface area contributed by atoms with Gasteiger partial charge in [0.1, 0.15) is 5.69 Å². The molecule has 138 valence electrons. The van der Waals surface area contributed by atoms with Crippen molar-refractivity contribution in [3.8, 4) is 5.69 Å². The number of amides is 1. The molecule has 7 nitrogen and oxygen atoms in total. The summed E-state index contributed by atoms with van der Waals surface area (Å²) in [5.74, 6) is -0.238. The molecule has 27 heavy (non-hydrogen) atoms. The molecule has 0 aliphatic rings. The van der Waals surface area contributed by atoms with Crippen molar-refractivity contribution in [2.45, 2.75) is 19.0 Å². The van der Waals surface area contributed by atoms with Crippen molar-refractivity contribution in [1.29, 1.82) is 0 Å². The van der Waals surface area contributed by atoms with Crippen LogP contribution in [0.5, 0.6) is 0 Å². The number of para-hydroxylation sites is 2. The standard InChI is InChI=1S/C19H18N4O3S/c1-13-9-14(2)11-15(10-13)22-8-7-20-19(22)27-12-18(24)21-16-5-3-4-6-17(16)23(25)26/h3-11H,12H2,1-2H3,(H,21,24). The molecule has 3 rings (SSSR count). The number of hydrogen-bond acceptors (Lipinski definition) is 5. The van der Waals surface area contributed by atoms with Crippen molar-refractivity contribution in [3.05, 3.63) is 76.1 Å². The van der Waals surface area contributed by atoms with E-state index in [1.165, 1.54) is 23.9 Å². The summed E-state index contributed by atoms with van der Waals surface area (Å²) < 4.78 is 1.92. The van der Waals surface area contributed by atoms with Crippen LogP contribution in [0, 0.1) is 24.0 Å². The first-order chi connectivity index (χ1) is 12.9. The average molecular weight is 382 g/mol. The van der Waals surface area contributed by atoms with Gasteiger partial charge in [0.15, 0.2) is 5.16 Å². The molecule has 1 aromatic heterocycles. The van der Waals surface area contributed by atoms with Crippen LogP contribution in [-0.4, -0.2) is 26.1 Å². The van der Waals surface area contributed by atoms with Crippen molar-refractivity contribution >= 4 is 29.0 Å². The zero-order valence-corrected chi connectivity index (χ0v) is 15.7. The van der Waals surface area contributed by atoms with Gasteiger partial charge in [-0.05, 0) is 43.2 Å². The number of nitrogens with one attached hydrogen (secondary N) is 1. The number of benzene rings is 2. The number of nitro benzene ring substituents is 1. The van der Waals surface area contributed by atoms with Gasteiger partial charge in [-0.15, -0.1) is 0 Å². The number of thioether (sulfide) groups is 1. The lowest BCUT2D eigenvalue weighted by molar-refractivity contribution is -0.383. The van der Waals surface area contributed by atoms with E-state index in [0.29, 0.717) is 5.16 Å². The van der Waals surface area contributed by atoms with E-state index in [2.05, 4.69) is 16.4 Å². The minimum Gasteiger partial charge on any atom is -0.320 e. The lowest BCUT2D eigenvalue weighted by atomic mass is 10.1. The number of aromatic nitrogens is 2. The number of nitro groups is 1. The highest BCUT2D eigenvalue weighted by atomic mass is 32.2. The molecule has 1 amide bonds. The number of nitrogens with zero attached hydrogens (tertiary/aromatic N) is 3. The summed E-state index contributed by atoms with van der Waals surface area (Å²) in [5.41, 5.74) is 3.32. The Hall–Kier alpha value is -3.13. The first-order valence-corrected chi connectivity index (χ1v) is 9.20. The SMILES string of the molecule is Cc1cc(C)cc(-n2ccnc2SCC(=O)Nc2ccccc2[N+](=O)[O-])c1. The zero-order chi connectivity index (χ0) is 19.4. The van der Waals surface area contributed by atoms with Crippen LogP contribution >= 0.6 is 11.8 Å². The third-order valence-electron chi connectivity index (χ3n) is 3.80. The highest BCUT2D eigenvalue weighted by Gasteiger charge is 2.16. The molecule has 0 fully saturated rings. The fraction of sp³-hybridized carbons (Fsp3) is 0.158. The number of imidazole rings is 1. The van der Waals surface area contributed by atoms with E-state index in [9.17, 15) is 14.9 Å². The topological polar surface area (TPSA) is 90.1 Å². The summed E-state index contributed by atoms with van der Waals surface area (Å²) in [6.45, 7) is 4.06. The minimum atomic E-state index is -0.518. The molecule has 0 aliphatic heterocycles. The van der Waals surface area contributed by atoms with Crippen LogP contribution in [0.25, 0.3) is 5.69 Å². The van der Waals surface area contributed by atoms with Gasteiger partial charge < -0.3 is 5.32 Å². The third kappa shape index (κ3) is 4.53. The molecule has 0 bridgehead atoms. The van der Waals surface area contributed by atoms with E-state index < -0.39 is 4.92 Å². The molecule has 3 aromatic rings. The van der Waals surface area contributed by atoms with Crippen LogP contribution in [0.4, 0.5) is 11.4 Å². The van der Waals surface area contributed by atoms with Gasteiger partial charge in [-0.3, -0.25) is 19.5 Å². The third-order valence-corrected chi connectivity index (χ3v) is 4.77. The number of aryl methyl sites for hydroxylation is 2. The van der Waals surface area contributed by atoms with Gasteiger partial charge in [0.25, 0.3) is 5.69 Å². The largest absolute Gasteiger partial charge is 0.320 e. The minimum absolute atomic E-state index is 0.0911. The molecule has 1 heterocycles. The molecular weight excluding hydrogens is 364 g/mol. The Labute approximate surface area is 160 Å². The smallest absolute Gasteiger partial charge is 0.292 e. The second-order valence-corrected chi connectivity index (χ2v) is 6.98. The summed E-state index contributed by atoms with van der Waals surface area (Å²) in [7, 11) is 0. The Morgan fingerprint density at radius 2 is 1.93 bits per heavy atom. The molecule has 0 spiro atoms. The van der Waals surface area contributed by atoms with Crippen LogP contribution < -0.4 is 5.32 Å². The van der Waals surface area contributed by atoms with Crippen molar-refractivity contribution in [2.24, 2.45) is 0 Å². The second-order valence-electron chi connectivity index (χ2n) is 6.04. The molecule has 0 radical (unpaired) electrons. The summed E-state index contributed by atoms with van der Waals surface area (Å²) in [6, 6.07) is 12.3. The Kier molecular flexibility index (Phi) is 5.56.